The molecular formula is C12H16INO7S. The lowest BCUT2D eigenvalue weighted by Crippen LogP contribution is -2.64. The van der Waals surface area contributed by atoms with Crippen molar-refractivity contribution in [1.29, 1.82) is 0 Å². The molecule has 2 rings (SSSR count). The Morgan fingerprint density at radius 3 is 2.27 bits per heavy atom. The van der Waals surface area contributed by atoms with E-state index in [9.17, 15) is 23.7 Å². The van der Waals surface area contributed by atoms with E-state index < -0.39 is 47.3 Å². The van der Waals surface area contributed by atoms with Crippen molar-refractivity contribution >= 4 is 32.6 Å². The van der Waals surface area contributed by atoms with Crippen molar-refractivity contribution in [3.63, 3.8) is 0 Å². The first-order valence-electron chi connectivity index (χ1n) is 6.34. The molecule has 1 saturated heterocycles. The summed E-state index contributed by atoms with van der Waals surface area (Å²) < 4.78 is 32.3. The maximum absolute atomic E-state index is 12.2. The lowest BCUT2D eigenvalue weighted by Gasteiger charge is -2.40. The highest BCUT2D eigenvalue weighted by molar-refractivity contribution is 14.1. The van der Waals surface area contributed by atoms with E-state index in [2.05, 4.69) is 4.72 Å². The smallest absolute Gasteiger partial charge is 0.241 e. The number of hydrogen-bond acceptors (Lipinski definition) is 7. The third-order valence-corrected chi connectivity index (χ3v) is 5.51. The van der Waals surface area contributed by atoms with Gasteiger partial charge < -0.3 is 25.2 Å². The van der Waals surface area contributed by atoms with Gasteiger partial charge in [0.25, 0.3) is 0 Å². The van der Waals surface area contributed by atoms with Crippen molar-refractivity contribution in [2.45, 2.75) is 35.5 Å². The van der Waals surface area contributed by atoms with Gasteiger partial charge in [-0.15, -0.1) is 0 Å². The van der Waals surface area contributed by atoms with E-state index in [0.29, 0.717) is 0 Å². The highest BCUT2D eigenvalue weighted by Gasteiger charge is 2.45. The number of sulfonamides is 1. The van der Waals surface area contributed by atoms with E-state index in [0.717, 1.165) is 3.57 Å². The Balaban J connectivity index is 2.20. The molecule has 8 nitrogen and oxygen atoms in total. The summed E-state index contributed by atoms with van der Waals surface area (Å²) in [6.07, 6.45) is -6.05. The zero-order valence-electron chi connectivity index (χ0n) is 11.2. The highest BCUT2D eigenvalue weighted by atomic mass is 127. The first kappa shape index (κ1) is 18.0. The number of aliphatic hydroxyl groups excluding tert-OH is 4. The molecule has 1 aromatic carbocycles. The lowest BCUT2D eigenvalue weighted by atomic mass is 9.98. The van der Waals surface area contributed by atoms with Gasteiger partial charge in [-0.1, -0.05) is 0 Å². The molecule has 1 fully saturated rings. The van der Waals surface area contributed by atoms with Crippen LogP contribution in [0, 0.1) is 3.57 Å². The Morgan fingerprint density at radius 2 is 1.73 bits per heavy atom. The summed E-state index contributed by atoms with van der Waals surface area (Å²) in [6, 6.07) is 4.48. The number of rotatable bonds is 4. The van der Waals surface area contributed by atoms with Gasteiger partial charge in [0.2, 0.25) is 10.0 Å². The molecule has 124 valence electrons. The van der Waals surface area contributed by atoms with Crippen LogP contribution in [0.4, 0.5) is 0 Å². The minimum absolute atomic E-state index is 0.0499. The average molecular weight is 445 g/mol. The van der Waals surface area contributed by atoms with Gasteiger partial charge in [-0.2, -0.15) is 0 Å². The molecule has 0 saturated carbocycles. The van der Waals surface area contributed by atoms with Gasteiger partial charge in [0.15, 0.2) is 6.29 Å². The van der Waals surface area contributed by atoms with Gasteiger partial charge in [0.1, 0.15) is 24.4 Å². The third-order valence-electron chi connectivity index (χ3n) is 3.32. The number of aliphatic hydroxyl groups is 4. The molecule has 1 heterocycles. The Kier molecular flexibility index (Phi) is 5.77. The quantitative estimate of drug-likeness (QED) is 0.351. The molecule has 5 atom stereocenters. The fourth-order valence-corrected chi connectivity index (χ4v) is 3.69. The molecule has 0 bridgehead atoms. The van der Waals surface area contributed by atoms with Gasteiger partial charge >= 0.3 is 0 Å². The van der Waals surface area contributed by atoms with E-state index in [-0.39, 0.29) is 4.90 Å². The molecule has 1 aromatic rings. The Hall–Kier alpha value is -0.340. The number of hydrogen-bond donors (Lipinski definition) is 5. The van der Waals surface area contributed by atoms with E-state index >= 15 is 0 Å². The van der Waals surface area contributed by atoms with Crippen molar-refractivity contribution < 1.29 is 33.6 Å². The normalized spacial score (nSPS) is 32.9. The Morgan fingerprint density at radius 1 is 1.14 bits per heavy atom. The summed E-state index contributed by atoms with van der Waals surface area (Å²) in [7, 11) is -4.02. The molecule has 1 aliphatic rings. The summed E-state index contributed by atoms with van der Waals surface area (Å²) in [6.45, 7) is -0.619. The van der Waals surface area contributed by atoms with Crippen LogP contribution in [0.1, 0.15) is 0 Å². The van der Waals surface area contributed by atoms with Crippen molar-refractivity contribution in [1.82, 2.24) is 4.72 Å². The van der Waals surface area contributed by atoms with Crippen LogP contribution in [0.25, 0.3) is 0 Å². The van der Waals surface area contributed by atoms with Crippen molar-refractivity contribution in [2.75, 3.05) is 6.61 Å². The average Bonchev–Trinajstić information content (AvgIpc) is 2.48. The summed E-state index contributed by atoms with van der Waals surface area (Å²) in [4.78, 5) is -0.0499. The van der Waals surface area contributed by atoms with Crippen LogP contribution in [0.3, 0.4) is 0 Å². The fraction of sp³-hybridized carbons (Fsp3) is 0.500. The summed E-state index contributed by atoms with van der Waals surface area (Å²) in [5.41, 5.74) is 0. The molecule has 22 heavy (non-hydrogen) atoms. The number of ether oxygens (including phenoxy) is 1. The second-order valence-corrected chi connectivity index (χ2v) is 7.79. The Bertz CT molecular complexity index is 608. The molecule has 10 heteroatoms. The second kappa shape index (κ2) is 7.05. The molecular weight excluding hydrogens is 429 g/mol. The first-order valence-corrected chi connectivity index (χ1v) is 8.91. The van der Waals surface area contributed by atoms with Crippen LogP contribution in [0.15, 0.2) is 29.2 Å². The van der Waals surface area contributed by atoms with Crippen LogP contribution in [0.5, 0.6) is 0 Å². The minimum Gasteiger partial charge on any atom is -0.394 e. The van der Waals surface area contributed by atoms with Gasteiger partial charge in [-0.25, -0.2) is 13.1 Å². The monoisotopic (exact) mass is 445 g/mol. The van der Waals surface area contributed by atoms with E-state index in [4.69, 9.17) is 9.84 Å². The number of nitrogens with one attached hydrogen (secondary N) is 1. The third kappa shape index (κ3) is 3.76. The van der Waals surface area contributed by atoms with Crippen LogP contribution in [-0.2, 0) is 14.8 Å². The second-order valence-electron chi connectivity index (χ2n) is 4.83. The minimum atomic E-state index is -4.02. The van der Waals surface area contributed by atoms with E-state index in [1.54, 1.807) is 12.1 Å². The molecule has 1 unspecified atom stereocenters. The SMILES string of the molecule is O=S(=O)(N[C@H]1C(O)O[C@H](CO)[C@@H](O)[C@@H]1O)c1ccc(I)cc1. The van der Waals surface area contributed by atoms with Crippen LogP contribution in [0.2, 0.25) is 0 Å². The standard InChI is InChI=1S/C12H16INO7S/c13-6-1-3-7(4-2-6)22(19,20)14-9-11(17)10(16)8(5-15)21-12(9)18/h1-4,8-12,14-18H,5H2/t8-,9-,10-,11-,12?/m1/s1. The lowest BCUT2D eigenvalue weighted by molar-refractivity contribution is -0.251. The molecule has 0 spiro atoms. The zero-order chi connectivity index (χ0) is 16.5. The molecule has 0 radical (unpaired) electrons. The largest absolute Gasteiger partial charge is 0.394 e. The number of halogens is 1. The molecule has 5 N–H and O–H groups in total. The Labute approximate surface area is 140 Å². The van der Waals surface area contributed by atoms with Crippen molar-refractivity contribution in [3.8, 4) is 0 Å². The summed E-state index contributed by atoms with van der Waals surface area (Å²) in [5, 5.41) is 38.4. The van der Waals surface area contributed by atoms with E-state index in [1.165, 1.54) is 12.1 Å². The fourth-order valence-electron chi connectivity index (χ4n) is 2.09. The summed E-state index contributed by atoms with van der Waals surface area (Å²) >= 11 is 2.02. The van der Waals surface area contributed by atoms with Gasteiger partial charge in [-0.3, -0.25) is 0 Å². The zero-order valence-corrected chi connectivity index (χ0v) is 14.2. The number of benzene rings is 1. The van der Waals surface area contributed by atoms with Gasteiger partial charge in [0.05, 0.1) is 11.5 Å². The van der Waals surface area contributed by atoms with E-state index in [1.807, 2.05) is 22.6 Å². The predicted molar refractivity (Wildman–Crippen MR) is 83.2 cm³/mol. The van der Waals surface area contributed by atoms with Crippen LogP contribution < -0.4 is 4.72 Å². The predicted octanol–water partition coefficient (Wildman–Crippen LogP) is -1.63. The summed E-state index contributed by atoms with van der Waals surface area (Å²) in [5.74, 6) is 0. The topological polar surface area (TPSA) is 136 Å². The molecule has 0 amide bonds. The maximum Gasteiger partial charge on any atom is 0.241 e. The molecule has 0 aromatic heterocycles. The molecule has 1 aliphatic heterocycles. The van der Waals surface area contributed by atoms with Crippen LogP contribution >= 0.6 is 22.6 Å². The van der Waals surface area contributed by atoms with Crippen molar-refractivity contribution in [2.24, 2.45) is 0 Å². The highest BCUT2D eigenvalue weighted by Crippen LogP contribution is 2.22. The van der Waals surface area contributed by atoms with Gasteiger partial charge in [0, 0.05) is 3.57 Å². The molecule has 0 aliphatic carbocycles. The van der Waals surface area contributed by atoms with Gasteiger partial charge in [-0.05, 0) is 46.9 Å². The first-order chi connectivity index (χ1) is 10.3. The maximum atomic E-state index is 12.2. The van der Waals surface area contributed by atoms with Crippen molar-refractivity contribution in [3.05, 3.63) is 27.8 Å². The van der Waals surface area contributed by atoms with Crippen LogP contribution in [-0.4, -0.2) is 66.1 Å².